The van der Waals surface area contributed by atoms with Gasteiger partial charge in [-0.2, -0.15) is 0 Å². The first-order chi connectivity index (χ1) is 19.2. The standard InChI is InChI=1S/C33H39N3O4/c1-24(26-11-5-3-6-12-26)20-30(37)34-18-15-33(40,16-19-34)23-35-22-29(32(39)36-17-9-10-25(36)2)28(21-31(35)38)27-13-7-4-8-14-27/h3-8,11-14,21-22,24-25,40H,9-10,15-20,23H2,1-2H3/t24-,25+/m1/s1. The van der Waals surface area contributed by atoms with Gasteiger partial charge < -0.3 is 19.5 Å². The van der Waals surface area contributed by atoms with E-state index in [1.54, 1.807) is 6.20 Å². The van der Waals surface area contributed by atoms with Crippen molar-refractivity contribution < 1.29 is 14.7 Å². The molecule has 2 amide bonds. The molecule has 210 valence electrons. The fraction of sp³-hybridized carbons (Fsp3) is 0.424. The average molecular weight is 542 g/mol. The van der Waals surface area contributed by atoms with Crippen molar-refractivity contribution in [3.8, 4) is 11.1 Å². The lowest BCUT2D eigenvalue weighted by atomic mass is 9.90. The van der Waals surface area contributed by atoms with Crippen molar-refractivity contribution in [2.45, 2.75) is 70.1 Å². The molecule has 2 atom stereocenters. The van der Waals surface area contributed by atoms with Crippen molar-refractivity contribution in [1.29, 1.82) is 0 Å². The highest BCUT2D eigenvalue weighted by molar-refractivity contribution is 6.00. The van der Waals surface area contributed by atoms with Crippen LogP contribution in [0.15, 0.2) is 77.7 Å². The Morgan fingerprint density at radius 3 is 2.27 bits per heavy atom. The van der Waals surface area contributed by atoms with Crippen molar-refractivity contribution in [1.82, 2.24) is 14.4 Å². The largest absolute Gasteiger partial charge is 0.388 e. The summed E-state index contributed by atoms with van der Waals surface area (Å²) in [5, 5.41) is 11.5. The summed E-state index contributed by atoms with van der Waals surface area (Å²) in [5.41, 5.74) is 1.65. The maximum absolute atomic E-state index is 13.7. The van der Waals surface area contributed by atoms with Crippen LogP contribution in [0.25, 0.3) is 11.1 Å². The minimum Gasteiger partial charge on any atom is -0.388 e. The third kappa shape index (κ3) is 6.04. The highest BCUT2D eigenvalue weighted by atomic mass is 16.3. The van der Waals surface area contributed by atoms with Gasteiger partial charge in [-0.25, -0.2) is 0 Å². The highest BCUT2D eigenvalue weighted by Gasteiger charge is 2.35. The van der Waals surface area contributed by atoms with Crippen LogP contribution in [0.3, 0.4) is 0 Å². The average Bonchev–Trinajstić information content (AvgIpc) is 3.40. The van der Waals surface area contributed by atoms with Crippen LogP contribution < -0.4 is 5.56 Å². The summed E-state index contributed by atoms with van der Waals surface area (Å²) < 4.78 is 1.48. The van der Waals surface area contributed by atoms with Crippen molar-refractivity contribution in [2.24, 2.45) is 0 Å². The number of benzene rings is 2. The van der Waals surface area contributed by atoms with E-state index in [-0.39, 0.29) is 35.9 Å². The molecule has 1 aromatic heterocycles. The summed E-state index contributed by atoms with van der Waals surface area (Å²) in [6.07, 6.45) is 4.73. The first-order valence-corrected chi connectivity index (χ1v) is 14.4. The molecule has 2 aliphatic heterocycles. The van der Waals surface area contributed by atoms with Crippen LogP contribution in [0.5, 0.6) is 0 Å². The first-order valence-electron chi connectivity index (χ1n) is 14.4. The van der Waals surface area contributed by atoms with Crippen LogP contribution in [0, 0.1) is 0 Å². The van der Waals surface area contributed by atoms with Crippen LogP contribution in [0.1, 0.15) is 67.8 Å². The minimum absolute atomic E-state index is 0.0791. The van der Waals surface area contributed by atoms with Crippen LogP contribution in [0.2, 0.25) is 0 Å². The van der Waals surface area contributed by atoms with Gasteiger partial charge in [0.05, 0.1) is 17.7 Å². The number of piperidine rings is 1. The number of rotatable bonds is 7. The number of nitrogens with zero attached hydrogens (tertiary/aromatic N) is 3. The zero-order chi connectivity index (χ0) is 28.3. The Hall–Kier alpha value is -3.71. The maximum atomic E-state index is 13.7. The molecule has 0 saturated carbocycles. The first kappa shape index (κ1) is 27.8. The SMILES string of the molecule is C[C@H](CC(=O)N1CCC(O)(Cn2cc(C(=O)N3CCC[C@@H]3C)c(-c3ccccc3)cc2=O)CC1)c1ccccc1. The molecule has 2 aromatic carbocycles. The predicted octanol–water partition coefficient (Wildman–Crippen LogP) is 4.69. The lowest BCUT2D eigenvalue weighted by molar-refractivity contribution is -0.136. The summed E-state index contributed by atoms with van der Waals surface area (Å²) in [5.74, 6) is 0.110. The number of likely N-dealkylation sites (tertiary alicyclic amines) is 2. The quantitative estimate of drug-likeness (QED) is 0.471. The highest BCUT2D eigenvalue weighted by Crippen LogP contribution is 2.29. The number of hydrogen-bond donors (Lipinski definition) is 1. The fourth-order valence-electron chi connectivity index (χ4n) is 6.05. The molecule has 40 heavy (non-hydrogen) atoms. The van der Waals surface area contributed by atoms with Crippen molar-refractivity contribution in [3.63, 3.8) is 0 Å². The Balaban J connectivity index is 1.32. The number of aromatic nitrogens is 1. The molecule has 1 N–H and O–H groups in total. The number of aliphatic hydroxyl groups is 1. The Morgan fingerprint density at radius 1 is 1.00 bits per heavy atom. The molecule has 7 heteroatoms. The molecule has 2 aliphatic rings. The van der Waals surface area contributed by atoms with Gasteiger partial charge in [-0.3, -0.25) is 14.4 Å². The van der Waals surface area contributed by atoms with Gasteiger partial charge in [0.1, 0.15) is 0 Å². The summed E-state index contributed by atoms with van der Waals surface area (Å²) in [6.45, 7) is 5.76. The van der Waals surface area contributed by atoms with Crippen LogP contribution >= 0.6 is 0 Å². The number of carbonyl (C=O) groups excluding carboxylic acids is 2. The van der Waals surface area contributed by atoms with E-state index in [0.29, 0.717) is 50.0 Å². The summed E-state index contributed by atoms with van der Waals surface area (Å²) in [6, 6.07) is 21.2. The Morgan fingerprint density at radius 2 is 1.65 bits per heavy atom. The lowest BCUT2D eigenvalue weighted by Gasteiger charge is -2.39. The second-order valence-corrected chi connectivity index (χ2v) is 11.5. The van der Waals surface area contributed by atoms with E-state index in [4.69, 9.17) is 0 Å². The van der Waals surface area contributed by atoms with Crippen LogP contribution in [-0.4, -0.2) is 62.6 Å². The second kappa shape index (κ2) is 11.8. The van der Waals surface area contributed by atoms with E-state index in [1.165, 1.54) is 10.6 Å². The molecule has 5 rings (SSSR count). The lowest BCUT2D eigenvalue weighted by Crippen LogP contribution is -2.49. The number of pyridine rings is 1. The van der Waals surface area contributed by atoms with Gasteiger partial charge >= 0.3 is 0 Å². The molecular weight excluding hydrogens is 502 g/mol. The monoisotopic (exact) mass is 541 g/mol. The van der Waals surface area contributed by atoms with E-state index >= 15 is 0 Å². The molecule has 0 bridgehead atoms. The van der Waals surface area contributed by atoms with Crippen LogP contribution in [-0.2, 0) is 11.3 Å². The zero-order valence-corrected chi connectivity index (χ0v) is 23.5. The molecular formula is C33H39N3O4. The van der Waals surface area contributed by atoms with Crippen LogP contribution in [0.4, 0.5) is 0 Å². The fourth-order valence-corrected chi connectivity index (χ4v) is 6.05. The van der Waals surface area contributed by atoms with Gasteiger partial charge in [0.2, 0.25) is 5.91 Å². The van der Waals surface area contributed by atoms with Gasteiger partial charge in [0.25, 0.3) is 11.5 Å². The van der Waals surface area contributed by atoms with Crippen molar-refractivity contribution >= 4 is 11.8 Å². The molecule has 0 aliphatic carbocycles. The summed E-state index contributed by atoms with van der Waals surface area (Å²) in [7, 11) is 0. The third-order valence-corrected chi connectivity index (χ3v) is 8.62. The molecule has 7 nitrogen and oxygen atoms in total. The number of amides is 2. The second-order valence-electron chi connectivity index (χ2n) is 11.5. The molecule has 3 heterocycles. The van der Waals surface area contributed by atoms with Crippen molar-refractivity contribution in [2.75, 3.05) is 19.6 Å². The van der Waals surface area contributed by atoms with E-state index in [2.05, 4.69) is 13.8 Å². The number of hydrogen-bond acceptors (Lipinski definition) is 4. The topological polar surface area (TPSA) is 82.8 Å². The van der Waals surface area contributed by atoms with Gasteiger partial charge in [0, 0.05) is 49.9 Å². The normalized spacial score (nSPS) is 19.4. The van der Waals surface area contributed by atoms with E-state index in [1.807, 2.05) is 70.5 Å². The summed E-state index contributed by atoms with van der Waals surface area (Å²) in [4.78, 5) is 43.7. The van der Waals surface area contributed by atoms with E-state index in [0.717, 1.165) is 24.0 Å². The minimum atomic E-state index is -1.14. The van der Waals surface area contributed by atoms with Gasteiger partial charge in [-0.15, -0.1) is 0 Å². The Labute approximate surface area is 236 Å². The van der Waals surface area contributed by atoms with Gasteiger partial charge in [-0.1, -0.05) is 67.6 Å². The Bertz CT molecular complexity index is 1390. The molecule has 0 radical (unpaired) electrons. The molecule has 0 spiro atoms. The molecule has 2 fully saturated rings. The maximum Gasteiger partial charge on any atom is 0.256 e. The number of carbonyl (C=O) groups is 2. The van der Waals surface area contributed by atoms with E-state index < -0.39 is 5.60 Å². The van der Waals surface area contributed by atoms with Gasteiger partial charge in [-0.05, 0) is 49.7 Å². The molecule has 0 unspecified atom stereocenters. The summed E-state index contributed by atoms with van der Waals surface area (Å²) >= 11 is 0. The molecule has 3 aromatic rings. The smallest absolute Gasteiger partial charge is 0.256 e. The predicted molar refractivity (Wildman–Crippen MR) is 156 cm³/mol. The van der Waals surface area contributed by atoms with Crippen molar-refractivity contribution in [3.05, 3.63) is 94.4 Å². The van der Waals surface area contributed by atoms with Gasteiger partial charge in [0.15, 0.2) is 0 Å². The van der Waals surface area contributed by atoms with E-state index in [9.17, 15) is 19.5 Å². The zero-order valence-electron chi connectivity index (χ0n) is 23.5. The Kier molecular flexibility index (Phi) is 8.22. The third-order valence-electron chi connectivity index (χ3n) is 8.62. The molecule has 2 saturated heterocycles.